The number of ether oxygens (including phenoxy) is 1. The minimum Gasteiger partial charge on any atom is -0.483 e. The van der Waals surface area contributed by atoms with Crippen LogP contribution in [0, 0.1) is 13.8 Å². The van der Waals surface area contributed by atoms with Crippen LogP contribution < -0.4 is 10.1 Å². The van der Waals surface area contributed by atoms with Crippen LogP contribution in [0.5, 0.6) is 5.75 Å². The van der Waals surface area contributed by atoms with Gasteiger partial charge in [0.25, 0.3) is 5.91 Å². The van der Waals surface area contributed by atoms with E-state index in [0.717, 1.165) is 11.1 Å². The third-order valence-corrected chi connectivity index (χ3v) is 3.67. The van der Waals surface area contributed by atoms with Crippen molar-refractivity contribution in [1.29, 1.82) is 0 Å². The molecule has 2 aromatic carbocycles. The van der Waals surface area contributed by atoms with Crippen LogP contribution in [0.15, 0.2) is 40.9 Å². The molecule has 1 amide bonds. The maximum atomic E-state index is 12.0. The summed E-state index contributed by atoms with van der Waals surface area (Å²) < 4.78 is 6.11. The number of aryl methyl sites for hydroxylation is 2. The van der Waals surface area contributed by atoms with E-state index in [2.05, 4.69) is 21.2 Å². The van der Waals surface area contributed by atoms with Gasteiger partial charge in [0.2, 0.25) is 0 Å². The number of carbonyl (C=O) groups is 2. The van der Waals surface area contributed by atoms with Gasteiger partial charge in [-0.25, -0.2) is 4.79 Å². The Hall–Kier alpha value is -2.34. The number of aromatic carboxylic acids is 1. The number of hydrogen-bond donors (Lipinski definition) is 2. The molecule has 0 aliphatic carbocycles. The summed E-state index contributed by atoms with van der Waals surface area (Å²) in [4.78, 5) is 23.2. The van der Waals surface area contributed by atoms with Crippen LogP contribution in [0.25, 0.3) is 0 Å². The fourth-order valence-corrected chi connectivity index (χ4v) is 2.45. The van der Waals surface area contributed by atoms with E-state index in [-0.39, 0.29) is 17.9 Å². The first-order valence-corrected chi connectivity index (χ1v) is 7.69. The molecule has 0 unspecified atom stereocenters. The number of carboxylic acid groups (broad SMARTS) is 1. The third kappa shape index (κ3) is 4.56. The van der Waals surface area contributed by atoms with Crippen molar-refractivity contribution < 1.29 is 19.4 Å². The van der Waals surface area contributed by atoms with Crippen LogP contribution in [-0.2, 0) is 4.79 Å². The second kappa shape index (κ2) is 7.28. The summed E-state index contributed by atoms with van der Waals surface area (Å²) in [6.07, 6.45) is 0. The number of anilines is 1. The molecule has 6 heteroatoms. The highest BCUT2D eigenvalue weighted by Gasteiger charge is 2.13. The summed E-state index contributed by atoms with van der Waals surface area (Å²) in [6, 6.07) is 10.3. The zero-order valence-electron chi connectivity index (χ0n) is 12.7. The molecule has 0 heterocycles. The average Bonchev–Trinajstić information content (AvgIpc) is 2.48. The average molecular weight is 378 g/mol. The Morgan fingerprint density at radius 2 is 1.91 bits per heavy atom. The Morgan fingerprint density at radius 3 is 2.57 bits per heavy atom. The van der Waals surface area contributed by atoms with Crippen molar-refractivity contribution in [3.05, 3.63) is 57.6 Å². The summed E-state index contributed by atoms with van der Waals surface area (Å²) in [5.41, 5.74) is 2.29. The zero-order chi connectivity index (χ0) is 17.0. The van der Waals surface area contributed by atoms with E-state index in [9.17, 15) is 9.59 Å². The van der Waals surface area contributed by atoms with Crippen LogP contribution in [0.2, 0.25) is 0 Å². The van der Waals surface area contributed by atoms with Crippen molar-refractivity contribution in [2.24, 2.45) is 0 Å². The molecular formula is C17H16BrNO4. The van der Waals surface area contributed by atoms with E-state index in [1.807, 2.05) is 26.0 Å². The first-order chi connectivity index (χ1) is 10.9. The van der Waals surface area contributed by atoms with Gasteiger partial charge in [0.15, 0.2) is 6.61 Å². The number of benzene rings is 2. The Bertz CT molecular complexity index is 758. The highest BCUT2D eigenvalue weighted by atomic mass is 79.9. The summed E-state index contributed by atoms with van der Waals surface area (Å²) in [5, 5.41) is 11.7. The van der Waals surface area contributed by atoms with Crippen LogP contribution in [0.4, 0.5) is 5.69 Å². The minimum absolute atomic E-state index is 0.0132. The molecule has 120 valence electrons. The van der Waals surface area contributed by atoms with Gasteiger partial charge in [-0.15, -0.1) is 0 Å². The number of carbonyl (C=O) groups excluding carboxylic acids is 1. The van der Waals surface area contributed by atoms with E-state index in [1.165, 1.54) is 12.1 Å². The van der Waals surface area contributed by atoms with Crippen molar-refractivity contribution in [2.45, 2.75) is 13.8 Å². The van der Waals surface area contributed by atoms with Gasteiger partial charge in [-0.3, -0.25) is 4.79 Å². The van der Waals surface area contributed by atoms with Crippen molar-refractivity contribution in [3.8, 4) is 5.75 Å². The number of nitrogens with one attached hydrogen (secondary N) is 1. The van der Waals surface area contributed by atoms with Crippen LogP contribution in [0.1, 0.15) is 21.5 Å². The molecule has 23 heavy (non-hydrogen) atoms. The topological polar surface area (TPSA) is 75.6 Å². The van der Waals surface area contributed by atoms with Crippen LogP contribution in [0.3, 0.4) is 0 Å². The lowest BCUT2D eigenvalue weighted by Gasteiger charge is -2.11. The molecule has 0 aromatic heterocycles. The molecule has 0 saturated heterocycles. The second-order valence-electron chi connectivity index (χ2n) is 5.10. The summed E-state index contributed by atoms with van der Waals surface area (Å²) in [6.45, 7) is 3.68. The Morgan fingerprint density at radius 1 is 1.17 bits per heavy atom. The number of amides is 1. The summed E-state index contributed by atoms with van der Waals surface area (Å²) in [7, 11) is 0. The summed E-state index contributed by atoms with van der Waals surface area (Å²) in [5.74, 6) is -0.910. The Balaban J connectivity index is 2.04. The Labute approximate surface area is 142 Å². The maximum absolute atomic E-state index is 12.0. The van der Waals surface area contributed by atoms with Crippen molar-refractivity contribution in [2.75, 3.05) is 11.9 Å². The molecule has 0 bridgehead atoms. The lowest BCUT2D eigenvalue weighted by Crippen LogP contribution is -2.21. The molecule has 2 N–H and O–H groups in total. The number of halogens is 1. The SMILES string of the molecule is Cc1ccc(OCC(=O)Nc2ccc(Br)cc2C(=O)O)c(C)c1. The van der Waals surface area contributed by atoms with Crippen LogP contribution in [-0.4, -0.2) is 23.6 Å². The van der Waals surface area contributed by atoms with Crippen LogP contribution >= 0.6 is 15.9 Å². The lowest BCUT2D eigenvalue weighted by molar-refractivity contribution is -0.118. The molecule has 2 aromatic rings. The monoisotopic (exact) mass is 377 g/mol. The van der Waals surface area contributed by atoms with Gasteiger partial charge in [-0.1, -0.05) is 33.6 Å². The van der Waals surface area contributed by atoms with Gasteiger partial charge >= 0.3 is 5.97 Å². The first-order valence-electron chi connectivity index (χ1n) is 6.89. The molecular weight excluding hydrogens is 362 g/mol. The molecule has 2 rings (SSSR count). The predicted molar refractivity (Wildman–Crippen MR) is 91.1 cm³/mol. The van der Waals surface area contributed by atoms with E-state index in [0.29, 0.717) is 10.2 Å². The van der Waals surface area contributed by atoms with Gasteiger partial charge in [0.1, 0.15) is 5.75 Å². The highest BCUT2D eigenvalue weighted by molar-refractivity contribution is 9.10. The maximum Gasteiger partial charge on any atom is 0.337 e. The van der Waals surface area contributed by atoms with Gasteiger partial charge in [-0.2, -0.15) is 0 Å². The number of rotatable bonds is 5. The molecule has 0 aliphatic heterocycles. The van der Waals surface area contributed by atoms with Crippen molar-refractivity contribution in [1.82, 2.24) is 0 Å². The lowest BCUT2D eigenvalue weighted by atomic mass is 10.1. The smallest absolute Gasteiger partial charge is 0.337 e. The number of hydrogen-bond acceptors (Lipinski definition) is 3. The molecule has 0 fully saturated rings. The largest absolute Gasteiger partial charge is 0.483 e. The molecule has 0 spiro atoms. The van der Waals surface area contributed by atoms with Gasteiger partial charge in [0, 0.05) is 4.47 Å². The number of carboxylic acids is 1. The molecule has 5 nitrogen and oxygen atoms in total. The third-order valence-electron chi connectivity index (χ3n) is 3.18. The van der Waals surface area contributed by atoms with Gasteiger partial charge in [-0.05, 0) is 43.7 Å². The van der Waals surface area contributed by atoms with E-state index >= 15 is 0 Å². The van der Waals surface area contributed by atoms with E-state index < -0.39 is 11.9 Å². The molecule has 0 radical (unpaired) electrons. The quantitative estimate of drug-likeness (QED) is 0.830. The van der Waals surface area contributed by atoms with E-state index in [1.54, 1.807) is 12.1 Å². The summed E-state index contributed by atoms with van der Waals surface area (Å²) >= 11 is 3.21. The predicted octanol–water partition coefficient (Wildman–Crippen LogP) is 3.78. The fourth-order valence-electron chi connectivity index (χ4n) is 2.09. The van der Waals surface area contributed by atoms with Gasteiger partial charge < -0.3 is 15.2 Å². The van der Waals surface area contributed by atoms with Gasteiger partial charge in [0.05, 0.1) is 11.3 Å². The molecule has 0 aliphatic rings. The fraction of sp³-hybridized carbons (Fsp3) is 0.176. The zero-order valence-corrected chi connectivity index (χ0v) is 14.3. The second-order valence-corrected chi connectivity index (χ2v) is 6.02. The molecule has 0 saturated carbocycles. The molecule has 0 atom stereocenters. The van der Waals surface area contributed by atoms with Crippen molar-refractivity contribution in [3.63, 3.8) is 0 Å². The van der Waals surface area contributed by atoms with E-state index in [4.69, 9.17) is 9.84 Å². The van der Waals surface area contributed by atoms with Crippen molar-refractivity contribution >= 4 is 33.5 Å². The normalized spacial score (nSPS) is 10.2. The minimum atomic E-state index is -1.11. The highest BCUT2D eigenvalue weighted by Crippen LogP contribution is 2.22. The standard InChI is InChI=1S/C17H16BrNO4/c1-10-3-6-15(11(2)7-10)23-9-16(20)19-14-5-4-12(18)8-13(14)17(21)22/h3-8H,9H2,1-2H3,(H,19,20)(H,21,22). The Kier molecular flexibility index (Phi) is 5.39. The first kappa shape index (κ1) is 17.0.